The van der Waals surface area contributed by atoms with Crippen LogP contribution in [-0.2, 0) is 26.0 Å². The first-order valence-electron chi connectivity index (χ1n) is 11.9. The largest absolute Gasteiger partial charge is 0.481 e. The topological polar surface area (TPSA) is 96.9 Å². The van der Waals surface area contributed by atoms with E-state index in [0.29, 0.717) is 17.0 Å². The first-order valence-corrected chi connectivity index (χ1v) is 13.6. The molecule has 0 spiro atoms. The predicted octanol–water partition coefficient (Wildman–Crippen LogP) is 3.41. The number of aromatic nitrogens is 1. The van der Waals surface area contributed by atoms with Crippen molar-refractivity contribution < 1.29 is 27.1 Å². The second-order valence-electron chi connectivity index (χ2n) is 9.19. The Morgan fingerprint density at radius 3 is 2.21 bits per heavy atom. The standard InChI is InChI=1S/C28H28FN3O5S/c1-31(2)27(33)26(22-6-4-20(5-7-22)21-8-10-23(29)11-9-21)28(34)32(24-13-15-38(35,36)18-24)17-19-12-14-30-25(16-19)37-3/h4-16,24,26H,17-18H2,1-3H3. The smallest absolute Gasteiger partial charge is 0.240 e. The highest BCUT2D eigenvalue weighted by molar-refractivity contribution is 7.94. The summed E-state index contributed by atoms with van der Waals surface area (Å²) >= 11 is 0. The number of methoxy groups -OCH3 is 1. The average molecular weight is 538 g/mol. The lowest BCUT2D eigenvalue weighted by Crippen LogP contribution is -2.46. The summed E-state index contributed by atoms with van der Waals surface area (Å²) in [5, 5.41) is 1.10. The number of hydrogen-bond donors (Lipinski definition) is 0. The van der Waals surface area contributed by atoms with Gasteiger partial charge in [-0.25, -0.2) is 17.8 Å². The molecule has 0 fully saturated rings. The van der Waals surface area contributed by atoms with Gasteiger partial charge in [0.15, 0.2) is 9.84 Å². The molecule has 0 aliphatic carbocycles. The van der Waals surface area contributed by atoms with Crippen LogP contribution in [0.15, 0.2) is 78.3 Å². The Kier molecular flexibility index (Phi) is 7.91. The van der Waals surface area contributed by atoms with E-state index < -0.39 is 33.6 Å². The Balaban J connectivity index is 1.72. The second kappa shape index (κ2) is 11.1. The van der Waals surface area contributed by atoms with Crippen molar-refractivity contribution in [2.75, 3.05) is 27.0 Å². The summed E-state index contributed by atoms with van der Waals surface area (Å²) in [4.78, 5) is 34.3. The van der Waals surface area contributed by atoms with Crippen LogP contribution in [0.4, 0.5) is 4.39 Å². The molecule has 198 valence electrons. The minimum atomic E-state index is -3.48. The van der Waals surface area contributed by atoms with Crippen molar-refractivity contribution in [1.29, 1.82) is 0 Å². The molecule has 0 radical (unpaired) electrons. The average Bonchev–Trinajstić information content (AvgIpc) is 3.27. The molecule has 0 bridgehead atoms. The summed E-state index contributed by atoms with van der Waals surface area (Å²) in [5.41, 5.74) is 2.71. The molecule has 1 aliphatic heterocycles. The maximum absolute atomic E-state index is 14.1. The third-order valence-electron chi connectivity index (χ3n) is 6.31. The van der Waals surface area contributed by atoms with E-state index in [0.717, 1.165) is 16.5 Å². The molecule has 4 rings (SSSR count). The van der Waals surface area contributed by atoms with Crippen LogP contribution in [0.3, 0.4) is 0 Å². The second-order valence-corrected chi connectivity index (χ2v) is 11.1. The number of rotatable bonds is 8. The third-order valence-corrected chi connectivity index (χ3v) is 7.69. The van der Waals surface area contributed by atoms with Gasteiger partial charge >= 0.3 is 0 Å². The lowest BCUT2D eigenvalue weighted by atomic mass is 9.93. The van der Waals surface area contributed by atoms with Gasteiger partial charge in [0.05, 0.1) is 18.9 Å². The van der Waals surface area contributed by atoms with E-state index in [1.807, 2.05) is 0 Å². The zero-order valence-electron chi connectivity index (χ0n) is 21.2. The highest BCUT2D eigenvalue weighted by atomic mass is 32.2. The summed E-state index contributed by atoms with van der Waals surface area (Å²) in [6.45, 7) is 0.0487. The zero-order valence-corrected chi connectivity index (χ0v) is 22.1. The Hall–Kier alpha value is -4.05. The predicted molar refractivity (Wildman–Crippen MR) is 141 cm³/mol. The minimum absolute atomic E-state index is 0.0487. The highest BCUT2D eigenvalue weighted by Gasteiger charge is 2.38. The van der Waals surface area contributed by atoms with Crippen LogP contribution >= 0.6 is 0 Å². The summed E-state index contributed by atoms with van der Waals surface area (Å²) in [6, 6.07) is 15.6. The molecule has 2 heterocycles. The van der Waals surface area contributed by atoms with Crippen LogP contribution in [-0.4, -0.2) is 68.0 Å². The number of carbonyl (C=O) groups is 2. The van der Waals surface area contributed by atoms with Gasteiger partial charge in [0.1, 0.15) is 11.7 Å². The summed E-state index contributed by atoms with van der Waals surface area (Å²) in [6.07, 6.45) is 3.01. The summed E-state index contributed by atoms with van der Waals surface area (Å²) in [7, 11) is 1.12. The van der Waals surface area contributed by atoms with E-state index in [1.165, 1.54) is 41.3 Å². The first kappa shape index (κ1) is 27.0. The fourth-order valence-electron chi connectivity index (χ4n) is 4.29. The van der Waals surface area contributed by atoms with Gasteiger partial charge < -0.3 is 14.5 Å². The first-order chi connectivity index (χ1) is 18.1. The summed E-state index contributed by atoms with van der Waals surface area (Å²) < 4.78 is 43.0. The molecular weight excluding hydrogens is 509 g/mol. The lowest BCUT2D eigenvalue weighted by Gasteiger charge is -2.32. The van der Waals surface area contributed by atoms with Crippen LogP contribution < -0.4 is 4.74 Å². The fraction of sp³-hybridized carbons (Fsp3) is 0.250. The number of hydrogen-bond acceptors (Lipinski definition) is 6. The molecule has 3 aromatic rings. The SMILES string of the molecule is COc1cc(CN(C(=O)C(C(=O)N(C)C)c2ccc(-c3ccc(F)cc3)cc2)C2C=CS(=O)(=O)C2)ccn1. The number of carbonyl (C=O) groups excluding carboxylic acids is 2. The monoisotopic (exact) mass is 537 g/mol. The molecule has 8 nitrogen and oxygen atoms in total. The molecule has 2 aromatic carbocycles. The molecule has 2 amide bonds. The van der Waals surface area contributed by atoms with E-state index in [9.17, 15) is 22.4 Å². The fourth-order valence-corrected chi connectivity index (χ4v) is 5.59. The van der Waals surface area contributed by atoms with E-state index >= 15 is 0 Å². The van der Waals surface area contributed by atoms with E-state index in [2.05, 4.69) is 4.98 Å². The third kappa shape index (κ3) is 6.08. The van der Waals surface area contributed by atoms with Crippen molar-refractivity contribution in [2.24, 2.45) is 0 Å². The number of ether oxygens (including phenoxy) is 1. The number of sulfone groups is 1. The molecule has 1 aromatic heterocycles. The van der Waals surface area contributed by atoms with E-state index in [4.69, 9.17) is 4.74 Å². The number of likely N-dealkylation sites (N-methyl/N-ethyl adjacent to an activating group) is 1. The van der Waals surface area contributed by atoms with Crippen LogP contribution in [0, 0.1) is 5.82 Å². The van der Waals surface area contributed by atoms with Crippen molar-refractivity contribution >= 4 is 21.7 Å². The molecule has 0 N–H and O–H groups in total. The molecule has 0 saturated carbocycles. The van der Waals surface area contributed by atoms with Crippen molar-refractivity contribution in [2.45, 2.75) is 18.5 Å². The van der Waals surface area contributed by atoms with Crippen molar-refractivity contribution in [3.05, 3.63) is 95.3 Å². The Labute approximate surface area is 221 Å². The van der Waals surface area contributed by atoms with Crippen molar-refractivity contribution in [3.8, 4) is 17.0 Å². The van der Waals surface area contributed by atoms with Crippen LogP contribution in [0.25, 0.3) is 11.1 Å². The molecular formula is C28H28FN3O5S. The van der Waals surface area contributed by atoms with Crippen molar-refractivity contribution in [3.63, 3.8) is 0 Å². The maximum atomic E-state index is 14.1. The van der Waals surface area contributed by atoms with Gasteiger partial charge in [0.2, 0.25) is 17.7 Å². The number of amides is 2. The van der Waals surface area contributed by atoms with Gasteiger partial charge in [0, 0.05) is 38.3 Å². The minimum Gasteiger partial charge on any atom is -0.481 e. The molecule has 0 saturated heterocycles. The van der Waals surface area contributed by atoms with Crippen LogP contribution in [0.2, 0.25) is 0 Å². The van der Waals surface area contributed by atoms with Gasteiger partial charge in [0.25, 0.3) is 0 Å². The quantitative estimate of drug-likeness (QED) is 0.409. The number of pyridine rings is 1. The Morgan fingerprint density at radius 2 is 1.66 bits per heavy atom. The van der Waals surface area contributed by atoms with E-state index in [1.54, 1.807) is 62.6 Å². The Morgan fingerprint density at radius 1 is 1.03 bits per heavy atom. The van der Waals surface area contributed by atoms with Crippen LogP contribution in [0.1, 0.15) is 17.0 Å². The van der Waals surface area contributed by atoms with Crippen molar-refractivity contribution in [1.82, 2.24) is 14.8 Å². The number of halogens is 1. The maximum Gasteiger partial charge on any atom is 0.240 e. The molecule has 38 heavy (non-hydrogen) atoms. The Bertz CT molecular complexity index is 1450. The van der Waals surface area contributed by atoms with Gasteiger partial charge in [-0.05, 0) is 46.5 Å². The normalized spacial score (nSPS) is 16.6. The van der Waals surface area contributed by atoms with E-state index in [-0.39, 0.29) is 18.1 Å². The zero-order chi connectivity index (χ0) is 27.4. The van der Waals surface area contributed by atoms with Gasteiger partial charge in [-0.3, -0.25) is 9.59 Å². The van der Waals surface area contributed by atoms with Gasteiger partial charge in [-0.15, -0.1) is 0 Å². The van der Waals surface area contributed by atoms with Gasteiger partial charge in [-0.2, -0.15) is 0 Å². The van der Waals surface area contributed by atoms with Crippen LogP contribution in [0.5, 0.6) is 5.88 Å². The number of benzene rings is 2. The molecule has 10 heteroatoms. The molecule has 2 unspecified atom stereocenters. The lowest BCUT2D eigenvalue weighted by molar-refractivity contribution is -0.143. The van der Waals surface area contributed by atoms with Gasteiger partial charge in [-0.1, -0.05) is 36.4 Å². The highest BCUT2D eigenvalue weighted by Crippen LogP contribution is 2.29. The number of nitrogens with zero attached hydrogens (tertiary/aromatic N) is 3. The molecule has 2 atom stereocenters. The summed E-state index contributed by atoms with van der Waals surface area (Å²) in [5.74, 6) is -2.43. The molecule has 1 aliphatic rings.